The minimum atomic E-state index is -0.585. The highest BCUT2D eigenvalue weighted by Crippen LogP contribution is 2.34. The standard InChI is InChI=1S/C23H23NO5S/c1-28-21(26)11-19(17-7-9-30-14-17)23-22(27)20(25)10-18(29-23)13-24-8-6-15-4-2-3-5-16(15)12-24/h2-5,7,9-10,14,19,27H,6,8,11-13H2,1H3/t19-/m0/s1. The number of fused-ring (bicyclic) bond motifs is 1. The number of nitrogens with zero attached hydrogens (tertiary/aromatic N) is 1. The first-order valence-corrected chi connectivity index (χ1v) is 10.7. The Morgan fingerprint density at radius 1 is 1.30 bits per heavy atom. The molecule has 0 bridgehead atoms. The molecule has 2 aromatic heterocycles. The predicted molar refractivity (Wildman–Crippen MR) is 114 cm³/mol. The van der Waals surface area contributed by atoms with Crippen LogP contribution in [-0.2, 0) is 29.0 Å². The van der Waals surface area contributed by atoms with Gasteiger partial charge in [0.1, 0.15) is 5.76 Å². The fourth-order valence-corrected chi connectivity index (χ4v) is 4.58. The van der Waals surface area contributed by atoms with E-state index in [0.717, 1.165) is 25.1 Å². The highest BCUT2D eigenvalue weighted by molar-refractivity contribution is 7.08. The second-order valence-corrected chi connectivity index (χ2v) is 8.19. The van der Waals surface area contributed by atoms with Crippen LogP contribution >= 0.6 is 11.3 Å². The summed E-state index contributed by atoms with van der Waals surface area (Å²) in [5.41, 5.74) is 2.91. The summed E-state index contributed by atoms with van der Waals surface area (Å²) in [6, 6.07) is 11.5. The lowest BCUT2D eigenvalue weighted by molar-refractivity contribution is -0.140. The molecule has 1 aliphatic rings. The molecule has 0 spiro atoms. The van der Waals surface area contributed by atoms with Gasteiger partial charge in [0.2, 0.25) is 11.2 Å². The number of esters is 1. The van der Waals surface area contributed by atoms with Crippen LogP contribution in [0.4, 0.5) is 0 Å². The Morgan fingerprint density at radius 2 is 2.10 bits per heavy atom. The fraction of sp³-hybridized carbons (Fsp3) is 0.304. The second-order valence-electron chi connectivity index (χ2n) is 7.41. The van der Waals surface area contributed by atoms with E-state index in [1.807, 2.05) is 29.0 Å². The van der Waals surface area contributed by atoms with E-state index in [-0.39, 0.29) is 12.2 Å². The van der Waals surface area contributed by atoms with Gasteiger partial charge in [0.15, 0.2) is 5.76 Å². The quantitative estimate of drug-likeness (QED) is 0.607. The van der Waals surface area contributed by atoms with Gasteiger partial charge in [0.25, 0.3) is 0 Å². The molecule has 0 aliphatic carbocycles. The maximum atomic E-state index is 12.5. The average Bonchev–Trinajstić information content (AvgIpc) is 3.29. The number of ether oxygens (including phenoxy) is 1. The molecule has 0 saturated carbocycles. The van der Waals surface area contributed by atoms with Crippen molar-refractivity contribution in [1.29, 1.82) is 0 Å². The summed E-state index contributed by atoms with van der Waals surface area (Å²) >= 11 is 1.47. The number of hydrogen-bond donors (Lipinski definition) is 1. The molecule has 4 rings (SSSR count). The molecule has 156 valence electrons. The molecule has 30 heavy (non-hydrogen) atoms. The first-order chi connectivity index (χ1) is 14.5. The molecular weight excluding hydrogens is 402 g/mol. The number of carbonyl (C=O) groups excluding carboxylic acids is 1. The van der Waals surface area contributed by atoms with Crippen LogP contribution in [0.15, 0.2) is 56.4 Å². The zero-order chi connectivity index (χ0) is 21.1. The molecule has 1 atom stereocenters. The third-order valence-corrected chi connectivity index (χ3v) is 6.15. The molecule has 0 saturated heterocycles. The van der Waals surface area contributed by atoms with Crippen molar-refractivity contribution in [1.82, 2.24) is 4.90 Å². The highest BCUT2D eigenvalue weighted by Gasteiger charge is 2.27. The lowest BCUT2D eigenvalue weighted by Gasteiger charge is -2.28. The monoisotopic (exact) mass is 425 g/mol. The van der Waals surface area contributed by atoms with E-state index < -0.39 is 23.1 Å². The van der Waals surface area contributed by atoms with Crippen molar-refractivity contribution in [2.75, 3.05) is 13.7 Å². The first kappa shape index (κ1) is 20.4. The molecule has 3 heterocycles. The minimum absolute atomic E-state index is 0.0235. The molecular formula is C23H23NO5S. The third-order valence-electron chi connectivity index (χ3n) is 5.45. The van der Waals surface area contributed by atoms with E-state index in [0.29, 0.717) is 12.3 Å². The molecule has 1 aliphatic heterocycles. The van der Waals surface area contributed by atoms with Crippen LogP contribution in [0.3, 0.4) is 0 Å². The normalized spacial score (nSPS) is 14.8. The van der Waals surface area contributed by atoms with E-state index in [1.54, 1.807) is 0 Å². The van der Waals surface area contributed by atoms with Crippen molar-refractivity contribution in [3.63, 3.8) is 0 Å². The zero-order valence-corrected chi connectivity index (χ0v) is 17.5. The number of methoxy groups -OCH3 is 1. The molecule has 6 nitrogen and oxygen atoms in total. The van der Waals surface area contributed by atoms with Crippen LogP contribution in [0.2, 0.25) is 0 Å². The summed E-state index contributed by atoms with van der Waals surface area (Å²) in [5, 5.41) is 14.2. The highest BCUT2D eigenvalue weighted by atomic mass is 32.1. The van der Waals surface area contributed by atoms with E-state index in [9.17, 15) is 14.7 Å². The van der Waals surface area contributed by atoms with Crippen LogP contribution in [0.1, 0.15) is 40.5 Å². The number of hydrogen-bond acceptors (Lipinski definition) is 7. The topological polar surface area (TPSA) is 80.0 Å². The number of benzene rings is 1. The van der Waals surface area contributed by atoms with Crippen LogP contribution in [0.5, 0.6) is 5.75 Å². The Balaban J connectivity index is 1.63. The summed E-state index contributed by atoms with van der Waals surface area (Å²) in [5.74, 6) is -0.899. The number of carbonyl (C=O) groups is 1. The molecule has 1 aromatic carbocycles. The second kappa shape index (κ2) is 8.85. The van der Waals surface area contributed by atoms with E-state index >= 15 is 0 Å². The summed E-state index contributed by atoms with van der Waals surface area (Å²) in [7, 11) is 1.31. The van der Waals surface area contributed by atoms with Gasteiger partial charge in [0.05, 0.1) is 26.0 Å². The first-order valence-electron chi connectivity index (χ1n) is 9.79. The van der Waals surface area contributed by atoms with Crippen LogP contribution in [-0.4, -0.2) is 29.6 Å². The van der Waals surface area contributed by atoms with Gasteiger partial charge < -0.3 is 14.3 Å². The molecule has 0 radical (unpaired) electrons. The van der Waals surface area contributed by atoms with Crippen molar-refractivity contribution in [3.05, 3.63) is 85.6 Å². The SMILES string of the molecule is COC(=O)C[C@@H](c1ccsc1)c1oc(CN2CCc3ccccc3C2)cc(=O)c1O. The smallest absolute Gasteiger partial charge is 0.306 e. The summed E-state index contributed by atoms with van der Waals surface area (Å²) in [6.07, 6.45) is 0.912. The van der Waals surface area contributed by atoms with Gasteiger partial charge in [-0.25, -0.2) is 0 Å². The summed E-state index contributed by atoms with van der Waals surface area (Å²) < 4.78 is 10.8. The molecule has 0 unspecified atom stereocenters. The third kappa shape index (κ3) is 4.32. The molecule has 0 fully saturated rings. The maximum Gasteiger partial charge on any atom is 0.306 e. The van der Waals surface area contributed by atoms with Gasteiger partial charge in [-0.05, 0) is 39.9 Å². The van der Waals surface area contributed by atoms with Gasteiger partial charge >= 0.3 is 5.97 Å². The van der Waals surface area contributed by atoms with Gasteiger partial charge in [0, 0.05) is 19.2 Å². The zero-order valence-electron chi connectivity index (χ0n) is 16.7. The lowest BCUT2D eigenvalue weighted by Crippen LogP contribution is -2.30. The number of aromatic hydroxyl groups is 1. The number of thiophene rings is 1. The van der Waals surface area contributed by atoms with Crippen molar-refractivity contribution in [2.24, 2.45) is 0 Å². The van der Waals surface area contributed by atoms with Crippen molar-refractivity contribution < 1.29 is 19.1 Å². The Labute approximate surface area is 178 Å². The Kier molecular flexibility index (Phi) is 6.01. The summed E-state index contributed by atoms with van der Waals surface area (Å²) in [4.78, 5) is 26.7. The predicted octanol–water partition coefficient (Wildman–Crippen LogP) is 3.66. The molecule has 1 N–H and O–H groups in total. The van der Waals surface area contributed by atoms with Gasteiger partial charge in [-0.15, -0.1) is 0 Å². The van der Waals surface area contributed by atoms with E-state index in [1.165, 1.54) is 35.6 Å². The molecule has 3 aromatic rings. The van der Waals surface area contributed by atoms with E-state index in [4.69, 9.17) is 9.15 Å². The molecule has 7 heteroatoms. The Bertz CT molecular complexity index is 1090. The van der Waals surface area contributed by atoms with Crippen LogP contribution < -0.4 is 5.43 Å². The maximum absolute atomic E-state index is 12.5. The van der Waals surface area contributed by atoms with Crippen molar-refractivity contribution in [3.8, 4) is 5.75 Å². The van der Waals surface area contributed by atoms with Crippen LogP contribution in [0.25, 0.3) is 0 Å². The van der Waals surface area contributed by atoms with Gasteiger partial charge in [-0.2, -0.15) is 11.3 Å². The average molecular weight is 426 g/mol. The van der Waals surface area contributed by atoms with Gasteiger partial charge in [-0.3, -0.25) is 14.5 Å². The van der Waals surface area contributed by atoms with Crippen LogP contribution in [0, 0.1) is 0 Å². The largest absolute Gasteiger partial charge is 0.502 e. The Morgan fingerprint density at radius 3 is 2.83 bits per heavy atom. The fourth-order valence-electron chi connectivity index (χ4n) is 3.86. The van der Waals surface area contributed by atoms with Gasteiger partial charge in [-0.1, -0.05) is 24.3 Å². The summed E-state index contributed by atoms with van der Waals surface area (Å²) in [6.45, 7) is 2.07. The van der Waals surface area contributed by atoms with Crippen molar-refractivity contribution in [2.45, 2.75) is 31.8 Å². The lowest BCUT2D eigenvalue weighted by atomic mass is 9.94. The Hall–Kier alpha value is -2.90. The van der Waals surface area contributed by atoms with E-state index in [2.05, 4.69) is 17.0 Å². The number of rotatable bonds is 6. The minimum Gasteiger partial charge on any atom is -0.502 e. The van der Waals surface area contributed by atoms with Crippen molar-refractivity contribution >= 4 is 17.3 Å². The molecule has 0 amide bonds.